The number of carbonyl (C=O) groups is 2. The number of halogens is 3. The molecule has 0 radical (unpaired) electrons. The summed E-state index contributed by atoms with van der Waals surface area (Å²) in [7, 11) is 2.02. The fourth-order valence-electron chi connectivity index (χ4n) is 3.99. The van der Waals surface area contributed by atoms with Crippen LogP contribution >= 0.6 is 34.8 Å². The summed E-state index contributed by atoms with van der Waals surface area (Å²) in [6.07, 6.45) is 3.81. The highest BCUT2D eigenvalue weighted by molar-refractivity contribution is 6.35. The monoisotopic (exact) mass is 489 g/mol. The van der Waals surface area contributed by atoms with Crippen LogP contribution in [0.2, 0.25) is 15.1 Å². The Morgan fingerprint density at radius 2 is 1.78 bits per heavy atom. The first-order valence-corrected chi connectivity index (χ1v) is 11.2. The zero-order valence-electron chi connectivity index (χ0n) is 18.1. The Morgan fingerprint density at radius 1 is 1.06 bits per heavy atom. The molecule has 0 spiro atoms. The first kappa shape index (κ1) is 22.7. The number of urea groups is 1. The molecule has 2 aliphatic rings. The summed E-state index contributed by atoms with van der Waals surface area (Å²) in [6, 6.07) is 8.27. The summed E-state index contributed by atoms with van der Waals surface area (Å²) in [5, 5.41) is 4.01. The summed E-state index contributed by atoms with van der Waals surface area (Å²) in [4.78, 5) is 28.7. The molecule has 2 aromatic rings. The van der Waals surface area contributed by atoms with Crippen molar-refractivity contribution in [3.05, 3.63) is 73.9 Å². The molecule has 0 unspecified atom stereocenters. The fraction of sp³-hybridized carbons (Fsp3) is 0.250. The van der Waals surface area contributed by atoms with Crippen LogP contribution in [0.25, 0.3) is 11.6 Å². The minimum Gasteiger partial charge on any atom is -0.365 e. The predicted octanol–water partition coefficient (Wildman–Crippen LogP) is 6.37. The van der Waals surface area contributed by atoms with Gasteiger partial charge < -0.3 is 10.2 Å². The lowest BCUT2D eigenvalue weighted by Crippen LogP contribution is -2.42. The van der Waals surface area contributed by atoms with Gasteiger partial charge in [-0.2, -0.15) is 0 Å². The van der Waals surface area contributed by atoms with Gasteiger partial charge in [0.25, 0.3) is 5.91 Å². The first-order valence-electron chi connectivity index (χ1n) is 10.0. The number of hydrogen-bond donors (Lipinski definition) is 1. The molecule has 166 valence electrons. The van der Waals surface area contributed by atoms with Crippen LogP contribution < -0.4 is 10.2 Å². The van der Waals surface area contributed by atoms with Crippen LogP contribution in [0.1, 0.15) is 37.5 Å². The van der Waals surface area contributed by atoms with Crippen molar-refractivity contribution in [3.63, 3.8) is 0 Å². The minimum atomic E-state index is -0.515. The van der Waals surface area contributed by atoms with Crippen molar-refractivity contribution in [3.8, 4) is 0 Å². The molecule has 0 aliphatic carbocycles. The zero-order chi connectivity index (χ0) is 23.4. The topological polar surface area (TPSA) is 52.7 Å². The van der Waals surface area contributed by atoms with Gasteiger partial charge in [-0.05, 0) is 67.8 Å². The molecule has 32 heavy (non-hydrogen) atoms. The van der Waals surface area contributed by atoms with Crippen molar-refractivity contribution in [2.45, 2.75) is 32.9 Å². The van der Waals surface area contributed by atoms with Gasteiger partial charge in [0.2, 0.25) is 0 Å². The Balaban J connectivity index is 1.66. The Hall–Kier alpha value is -2.47. The molecule has 1 N–H and O–H groups in total. The number of allylic oxidation sites excluding steroid dienone is 1. The number of nitrogens with one attached hydrogen (secondary N) is 1. The maximum atomic E-state index is 12.9. The van der Waals surface area contributed by atoms with Gasteiger partial charge >= 0.3 is 6.03 Å². The standard InChI is InChI=1S/C24H22Cl3N3O2/c1-13-11-24(2,3)29(4)21-10-19(27)15(7-17(13)21)8-20-22(31)30(23(32)28-20)12-14-5-6-16(25)9-18(14)26/h5-11H,12H2,1-4H3,(H,28,32)/b20-8+. The third-order valence-corrected chi connectivity index (χ3v) is 6.86. The molecule has 0 bridgehead atoms. The van der Waals surface area contributed by atoms with Gasteiger partial charge in [-0.3, -0.25) is 9.69 Å². The van der Waals surface area contributed by atoms with Crippen LogP contribution in [0.4, 0.5) is 10.5 Å². The molecule has 2 aliphatic heterocycles. The molecule has 2 aromatic carbocycles. The molecule has 2 heterocycles. The highest BCUT2D eigenvalue weighted by Gasteiger charge is 2.34. The van der Waals surface area contributed by atoms with Crippen molar-refractivity contribution in [1.82, 2.24) is 10.2 Å². The van der Waals surface area contributed by atoms with Crippen LogP contribution in [0.15, 0.2) is 42.1 Å². The Morgan fingerprint density at radius 3 is 2.47 bits per heavy atom. The van der Waals surface area contributed by atoms with E-state index >= 15 is 0 Å². The third-order valence-electron chi connectivity index (χ3n) is 5.94. The number of rotatable bonds is 3. The lowest BCUT2D eigenvalue weighted by Gasteiger charge is -2.40. The lowest BCUT2D eigenvalue weighted by atomic mass is 9.88. The van der Waals surface area contributed by atoms with E-state index in [0.717, 1.165) is 21.7 Å². The predicted molar refractivity (Wildman–Crippen MR) is 131 cm³/mol. The van der Waals surface area contributed by atoms with Gasteiger partial charge in [-0.15, -0.1) is 0 Å². The van der Waals surface area contributed by atoms with Gasteiger partial charge in [0.15, 0.2) is 0 Å². The Kier molecular flexibility index (Phi) is 5.78. The molecular weight excluding hydrogens is 469 g/mol. The van der Waals surface area contributed by atoms with E-state index in [-0.39, 0.29) is 17.8 Å². The number of amides is 3. The summed E-state index contributed by atoms with van der Waals surface area (Å²) in [5.74, 6) is -0.444. The molecule has 8 heteroatoms. The second kappa shape index (κ2) is 8.14. The van der Waals surface area contributed by atoms with Crippen molar-refractivity contribution in [2.75, 3.05) is 11.9 Å². The molecule has 3 amide bonds. The van der Waals surface area contributed by atoms with E-state index in [1.54, 1.807) is 24.3 Å². The average molecular weight is 491 g/mol. The first-order chi connectivity index (χ1) is 15.0. The van der Waals surface area contributed by atoms with Gasteiger partial charge in [-0.25, -0.2) is 4.79 Å². The number of imide groups is 1. The molecule has 4 rings (SSSR count). The second-order valence-corrected chi connectivity index (χ2v) is 9.80. The number of anilines is 1. The summed E-state index contributed by atoms with van der Waals surface area (Å²) in [5.41, 5.74) is 4.47. The van der Waals surface area contributed by atoms with E-state index in [1.165, 1.54) is 0 Å². The summed E-state index contributed by atoms with van der Waals surface area (Å²) >= 11 is 18.7. The molecular formula is C24H22Cl3N3O2. The van der Waals surface area contributed by atoms with Gasteiger partial charge in [0, 0.05) is 33.4 Å². The maximum absolute atomic E-state index is 12.9. The van der Waals surface area contributed by atoms with E-state index in [9.17, 15) is 9.59 Å². The Bertz CT molecular complexity index is 1220. The fourth-order valence-corrected chi connectivity index (χ4v) is 4.67. The van der Waals surface area contributed by atoms with Crippen LogP contribution in [0.3, 0.4) is 0 Å². The van der Waals surface area contributed by atoms with Crippen molar-refractivity contribution >= 4 is 64.1 Å². The van der Waals surface area contributed by atoms with E-state index in [0.29, 0.717) is 26.2 Å². The molecule has 0 atom stereocenters. The summed E-state index contributed by atoms with van der Waals surface area (Å²) < 4.78 is 0. The molecule has 0 aromatic heterocycles. The normalized spacial score (nSPS) is 18.7. The van der Waals surface area contributed by atoms with E-state index in [2.05, 4.69) is 37.1 Å². The smallest absolute Gasteiger partial charge is 0.329 e. The maximum Gasteiger partial charge on any atom is 0.329 e. The number of hydrogen-bond acceptors (Lipinski definition) is 3. The number of benzene rings is 2. The largest absolute Gasteiger partial charge is 0.365 e. The third kappa shape index (κ3) is 4.01. The number of fused-ring (bicyclic) bond motifs is 1. The zero-order valence-corrected chi connectivity index (χ0v) is 20.4. The number of nitrogens with zero attached hydrogens (tertiary/aromatic N) is 2. The highest BCUT2D eigenvalue weighted by Crippen LogP contribution is 2.41. The highest BCUT2D eigenvalue weighted by atomic mass is 35.5. The van der Waals surface area contributed by atoms with Crippen LogP contribution in [-0.4, -0.2) is 29.4 Å². The van der Waals surface area contributed by atoms with Gasteiger partial charge in [-0.1, -0.05) is 46.9 Å². The van der Waals surface area contributed by atoms with Crippen LogP contribution in [0.5, 0.6) is 0 Å². The molecule has 0 saturated carbocycles. The van der Waals surface area contributed by atoms with Crippen molar-refractivity contribution in [1.29, 1.82) is 0 Å². The quantitative estimate of drug-likeness (QED) is 0.402. The average Bonchev–Trinajstić information content (AvgIpc) is 2.96. The molecule has 1 saturated heterocycles. The van der Waals surface area contributed by atoms with Gasteiger partial charge in [0.05, 0.1) is 12.1 Å². The second-order valence-electron chi connectivity index (χ2n) is 8.55. The van der Waals surface area contributed by atoms with Crippen LogP contribution in [0, 0.1) is 0 Å². The minimum absolute atomic E-state index is 0.0393. The number of carbonyl (C=O) groups excluding carboxylic acids is 2. The van der Waals surface area contributed by atoms with Crippen molar-refractivity contribution < 1.29 is 9.59 Å². The van der Waals surface area contributed by atoms with Gasteiger partial charge in [0.1, 0.15) is 5.70 Å². The van der Waals surface area contributed by atoms with E-state index in [4.69, 9.17) is 34.8 Å². The van der Waals surface area contributed by atoms with E-state index < -0.39 is 11.9 Å². The van der Waals surface area contributed by atoms with E-state index in [1.807, 2.05) is 19.2 Å². The SMILES string of the molecule is CC1=CC(C)(C)N(C)c2cc(Cl)c(/C=C3/NC(=O)N(Cc4ccc(Cl)cc4Cl)C3=O)cc21. The summed E-state index contributed by atoms with van der Waals surface area (Å²) in [6.45, 7) is 6.37. The van der Waals surface area contributed by atoms with Crippen LogP contribution in [-0.2, 0) is 11.3 Å². The molecule has 5 nitrogen and oxygen atoms in total. The number of likely N-dealkylation sites (N-methyl/N-ethyl adjacent to an activating group) is 1. The van der Waals surface area contributed by atoms with Crippen molar-refractivity contribution in [2.24, 2.45) is 0 Å². The molecule has 1 fully saturated rings. The Labute approximate surface area is 202 Å². The lowest BCUT2D eigenvalue weighted by molar-refractivity contribution is -0.123.